The summed E-state index contributed by atoms with van der Waals surface area (Å²) in [6.07, 6.45) is -4.53. The van der Waals surface area contributed by atoms with Gasteiger partial charge in [-0.3, -0.25) is 24.3 Å². The van der Waals surface area contributed by atoms with E-state index in [1.54, 1.807) is 66.5 Å². The average molecular weight is 1610 g/mol. The molecule has 6 heterocycles. The second-order valence-electron chi connectivity index (χ2n) is 27.0. The van der Waals surface area contributed by atoms with Gasteiger partial charge in [-0.1, -0.05) is 78.9 Å². The number of carbonyl (C=O) groups excluding carboxylic acids is 2. The summed E-state index contributed by atoms with van der Waals surface area (Å²) in [5, 5.41) is 56.6. The van der Waals surface area contributed by atoms with Crippen LogP contribution in [0, 0.1) is 35.4 Å². The molecule has 0 aliphatic carbocycles. The number of aliphatic hydroxyl groups is 1. The zero-order valence-corrected chi connectivity index (χ0v) is 63.5. The van der Waals surface area contributed by atoms with Gasteiger partial charge in [0.2, 0.25) is 15.9 Å². The Morgan fingerprint density at radius 1 is 0.829 bits per heavy atom. The summed E-state index contributed by atoms with van der Waals surface area (Å²) in [4.78, 5) is 50.6. The average Bonchev–Trinajstić information content (AvgIpc) is 1.75. The molecule has 3 aliphatic heterocycles. The fraction of sp³-hybridized carbons (Fsp3) is 0.286. The van der Waals surface area contributed by atoms with Gasteiger partial charge in [0.05, 0.1) is 125 Å². The number of nitriles is 2. The molecule has 2 amide bonds. The van der Waals surface area contributed by atoms with Gasteiger partial charge in [-0.2, -0.15) is 46.9 Å². The van der Waals surface area contributed by atoms with Crippen molar-refractivity contribution >= 4 is 84.3 Å². The van der Waals surface area contributed by atoms with E-state index in [0.717, 1.165) is 56.1 Å². The van der Waals surface area contributed by atoms with E-state index in [0.29, 0.717) is 59.8 Å². The van der Waals surface area contributed by atoms with E-state index in [4.69, 9.17) is 24.9 Å². The molecule has 9 N–H and O–H groups in total. The van der Waals surface area contributed by atoms with Crippen LogP contribution in [0.25, 0.3) is 21.8 Å². The summed E-state index contributed by atoms with van der Waals surface area (Å²) in [6, 6.07) is 40.1. The van der Waals surface area contributed by atoms with Crippen LogP contribution in [0.5, 0.6) is 11.5 Å². The number of ether oxygens (including phenoxy) is 3. The molecule has 3 aliphatic rings. The number of allylic oxidation sites excluding steroid dienone is 1. The Hall–Kier alpha value is -11.5. The number of fused-ring (bicyclic) bond motifs is 4. The number of nitrogens with zero attached hydrogens (tertiary/aromatic N) is 9. The third-order valence-electron chi connectivity index (χ3n) is 18.1. The fourth-order valence-electron chi connectivity index (χ4n) is 12.2. The van der Waals surface area contributed by atoms with E-state index < -0.39 is 92.5 Å². The number of aromatic hydroxyl groups is 1. The Kier molecular flexibility index (Phi) is 26.1. The number of aryl methyl sites for hydroxylation is 1. The van der Waals surface area contributed by atoms with Crippen molar-refractivity contribution in [3.05, 3.63) is 248 Å². The van der Waals surface area contributed by atoms with Crippen molar-refractivity contribution in [3.8, 4) is 23.6 Å². The fourth-order valence-corrected chi connectivity index (χ4v) is 12.8. The minimum absolute atomic E-state index is 0. The van der Waals surface area contributed by atoms with Gasteiger partial charge in [0.15, 0.2) is 6.29 Å². The number of nitrogens with one attached hydrogen (secondary N) is 5. The molecule has 0 bridgehead atoms. The maximum atomic E-state index is 13.6. The summed E-state index contributed by atoms with van der Waals surface area (Å²) in [6.45, 7) is 11.6. The number of anilines is 4. The topological polar surface area (TPSA) is 358 Å². The van der Waals surface area contributed by atoms with Crippen molar-refractivity contribution in [3.63, 3.8) is 0 Å². The number of benzene rings is 7. The van der Waals surface area contributed by atoms with Crippen LogP contribution in [0.15, 0.2) is 181 Å². The first-order chi connectivity index (χ1) is 51.9. The van der Waals surface area contributed by atoms with Gasteiger partial charge in [0.25, 0.3) is 5.91 Å². The monoisotopic (exact) mass is 1610 g/mol. The Labute approximate surface area is 643 Å². The number of aromatic nitrogens is 7. The first-order valence-electron chi connectivity index (χ1n) is 33.9. The van der Waals surface area contributed by atoms with Crippen LogP contribution in [0.4, 0.5) is 53.5 Å². The van der Waals surface area contributed by atoms with E-state index in [1.807, 2.05) is 94.4 Å². The molecule has 0 unspecified atom stereocenters. The molecule has 1 saturated heterocycles. The summed E-state index contributed by atoms with van der Waals surface area (Å²) in [7, 11) is -1.82. The number of phenols is 1. The van der Waals surface area contributed by atoms with Crippen LogP contribution in [-0.2, 0) is 60.6 Å². The van der Waals surface area contributed by atoms with Crippen LogP contribution in [0.2, 0.25) is 0 Å². The first kappa shape index (κ1) is 83.6. The number of hydrogen-bond donors (Lipinski definition) is 8. The van der Waals surface area contributed by atoms with Gasteiger partial charge in [-0.25, -0.2) is 37.4 Å². The number of amides is 2. The van der Waals surface area contributed by atoms with Crippen molar-refractivity contribution in [2.45, 2.75) is 115 Å². The molecular weight excluding hydrogens is 1530 g/mol. The number of para-hydroxylation sites is 2. The number of hydrogen-bond acceptors (Lipinski definition) is 19. The smallest absolute Gasteiger partial charge is 0.416 e. The number of phenolic OH excluding ortho intramolecular Hbond substituents is 1. The Balaban J connectivity index is 0.000000173. The van der Waals surface area contributed by atoms with Crippen LogP contribution in [0.3, 0.4) is 0 Å². The predicted octanol–water partition coefficient (Wildman–Crippen LogP) is 12.6. The van der Waals surface area contributed by atoms with Crippen LogP contribution in [-0.4, -0.2) is 138 Å². The maximum Gasteiger partial charge on any atom is 0.416 e. The van der Waals surface area contributed by atoms with Gasteiger partial charge >= 0.3 is 18.0 Å². The van der Waals surface area contributed by atoms with Crippen molar-refractivity contribution in [2.75, 3.05) is 41.9 Å². The minimum Gasteiger partial charge on any atom is -0.505 e. The molecule has 10 aromatic rings. The number of rotatable bonds is 17. The molecule has 5 atom stereocenters. The van der Waals surface area contributed by atoms with Crippen LogP contribution < -0.4 is 31.5 Å². The number of aromatic amines is 2. The number of aliphatic hydroxyl groups excluding tert-OH is 1. The molecule has 3 aromatic heterocycles. The molecule has 3 radical (unpaired) electrons. The van der Waals surface area contributed by atoms with E-state index >= 15 is 0 Å². The van der Waals surface area contributed by atoms with Gasteiger partial charge in [0, 0.05) is 53.6 Å². The zero-order valence-electron chi connectivity index (χ0n) is 60.9. The predicted molar refractivity (Wildman–Crippen MR) is 401 cm³/mol. The molecular formula is C77H76AsF7N15O10S. The van der Waals surface area contributed by atoms with Crippen molar-refractivity contribution in [2.24, 2.45) is 5.73 Å². The summed E-state index contributed by atoms with van der Waals surface area (Å²) >= 11 is 0. The van der Waals surface area contributed by atoms with Gasteiger partial charge in [-0.05, 0) is 148 Å². The number of H-pyrrole nitrogens is 2. The number of primary amides is 1. The van der Waals surface area contributed by atoms with Gasteiger partial charge in [0.1, 0.15) is 42.0 Å². The third kappa shape index (κ3) is 20.7. The van der Waals surface area contributed by atoms with Crippen molar-refractivity contribution in [1.82, 2.24) is 44.7 Å². The largest absolute Gasteiger partial charge is 0.505 e. The summed E-state index contributed by atoms with van der Waals surface area (Å²) in [5.41, 5.74) is 9.00. The molecule has 7 aromatic carbocycles. The Morgan fingerprint density at radius 2 is 1.44 bits per heavy atom. The van der Waals surface area contributed by atoms with E-state index in [2.05, 4.69) is 52.8 Å². The summed E-state index contributed by atoms with van der Waals surface area (Å²) in [5.74, 6) is -0.667. The molecule has 34 heteroatoms. The standard InChI is InChI=1S/C23H21F7N4O3.C21H19N3O3S.C17H19N5.C16H17N3O4.As/c1-12(14-8-15(22(25,26)27)10-16(9-14)23(28,29)30)37-20-19(13-2-4-17(24)5-3-13)34(6-7-36-20)11-18-31-21(35)33-32-18;1-27-20-13-14(24-28(2,25)26)11-12-19(20)23-21-15-7-3-5-9-17(15)22-18-10-6-4-8-16(18)21;1-16(2,9-18)14-5-13(8-22-12-20-11-21-22)6-15(7-14)17(3,4)10-19;1-8-2-4-10-13(14(8)21)18-15(22)11-6-9(3-5-12(17)20)7-19(11)16(10)23;/h2-5,8-10,12,19-20H,6-7,11H2,1H3,(H2,31,32,33,35);3-13,24H,1-2H3,(H,22,23);5-7,11-12H,8H2,1-4H3;2-5,7,11,15,18,21-22H,6H2,1H3,(H2,17,20);/b;;;5-3+;/t12-,19-,20+;;;11-,15-;/m1..0./s1. The molecule has 0 saturated carbocycles. The second kappa shape index (κ2) is 34.6. The molecule has 579 valence electrons. The number of carbonyl (C=O) groups is 2. The summed E-state index contributed by atoms with van der Waals surface area (Å²) < 4.78 is 138. The van der Waals surface area contributed by atoms with E-state index in [1.165, 1.54) is 54.6 Å². The molecule has 25 nitrogen and oxygen atoms in total. The van der Waals surface area contributed by atoms with E-state index in [-0.39, 0.29) is 71.5 Å². The first-order valence-corrected chi connectivity index (χ1v) is 35.8. The second-order valence-corrected chi connectivity index (χ2v) is 28.8. The number of pyridine rings is 1. The quantitative estimate of drug-likeness (QED) is 0.0138. The normalized spacial score (nSPS) is 16.8. The number of halogens is 7. The number of morpholine rings is 1. The third-order valence-corrected chi connectivity index (χ3v) is 18.7. The Morgan fingerprint density at radius 3 is 1.99 bits per heavy atom. The molecule has 1 fully saturated rings. The number of alkyl halides is 6. The molecule has 13 rings (SSSR count). The number of methoxy groups -OCH3 is 1. The maximum absolute atomic E-state index is 13.6. The van der Waals surface area contributed by atoms with Crippen LogP contribution >= 0.6 is 0 Å². The molecule has 0 spiro atoms. The molecule has 111 heavy (non-hydrogen) atoms. The van der Waals surface area contributed by atoms with Crippen LogP contribution in [0.1, 0.15) is 114 Å². The van der Waals surface area contributed by atoms with Gasteiger partial charge in [-0.15, -0.1) is 0 Å². The number of nitrogens with two attached hydrogens (primary N) is 1. The zero-order chi connectivity index (χ0) is 79.8. The minimum atomic E-state index is -5.01. The van der Waals surface area contributed by atoms with Gasteiger partial charge < -0.3 is 45.7 Å². The Bertz CT molecular complexity index is 5250. The number of sulfonamides is 1. The van der Waals surface area contributed by atoms with Crippen molar-refractivity contribution < 1.29 is 73.2 Å². The van der Waals surface area contributed by atoms with Crippen molar-refractivity contribution in [1.29, 1.82) is 10.5 Å². The SMILES string of the molecule is CC(C)(C#N)c1cc(Cn2cncn2)cc(C(C)(C)C#N)c1.COc1cc(NS(C)(=O)=O)ccc1Nc1c2ccccc2nc2ccccc12.C[C@@H](O[C@@H]1OCCN(Cc2nc(=O)[nH][nH]2)[C@@H]1c1ccc(F)cc1)c1cc(C(F)(F)F)cc(C(F)(F)F)c1.Cc1ccc2c(c1O)N[C@@H](O)[C@@H]1CC(/C=C/C(N)=O)=CN1C2=O.[As]. The van der Waals surface area contributed by atoms with E-state index in [9.17, 15) is 74.3 Å².